The van der Waals surface area contributed by atoms with E-state index in [2.05, 4.69) is 0 Å². The van der Waals surface area contributed by atoms with Gasteiger partial charge in [-0.2, -0.15) is 0 Å². The third-order valence-electron chi connectivity index (χ3n) is 3.83. The zero-order valence-corrected chi connectivity index (χ0v) is 13.2. The van der Waals surface area contributed by atoms with Crippen molar-refractivity contribution in [1.82, 2.24) is 0 Å². The van der Waals surface area contributed by atoms with Gasteiger partial charge in [0.05, 0.1) is 11.6 Å². The number of hydrogen-bond acceptors (Lipinski definition) is 4. The summed E-state index contributed by atoms with van der Waals surface area (Å²) in [6, 6.07) is 11.7. The first-order valence-electron chi connectivity index (χ1n) is 7.03. The molecule has 2 aromatic rings. The number of benzene rings is 2. The third kappa shape index (κ3) is 2.81. The smallest absolute Gasteiger partial charge is 0.241 e. The maximum Gasteiger partial charge on any atom is 0.241 e. The van der Waals surface area contributed by atoms with Crippen molar-refractivity contribution in [1.29, 1.82) is 0 Å². The fourth-order valence-electron chi connectivity index (χ4n) is 2.71. The Morgan fingerprint density at radius 2 is 1.75 bits per heavy atom. The van der Waals surface area contributed by atoms with Crippen LogP contribution in [0.25, 0.3) is 0 Å². The average Bonchev–Trinajstić information content (AvgIpc) is 2.81. The highest BCUT2D eigenvalue weighted by molar-refractivity contribution is 7.89. The summed E-state index contributed by atoms with van der Waals surface area (Å²) in [4.78, 5) is 24.9. The van der Waals surface area contributed by atoms with Crippen LogP contribution in [0.15, 0.2) is 53.4 Å². The molecule has 1 saturated heterocycles. The van der Waals surface area contributed by atoms with Crippen molar-refractivity contribution >= 4 is 27.5 Å². The second-order valence-electron chi connectivity index (χ2n) is 5.39. The molecule has 8 heteroatoms. The summed E-state index contributed by atoms with van der Waals surface area (Å²) in [5.74, 6) is -2.70. The number of imide groups is 1. The van der Waals surface area contributed by atoms with Crippen molar-refractivity contribution in [3.8, 4) is 0 Å². The Kier molecular flexibility index (Phi) is 3.94. The van der Waals surface area contributed by atoms with Crippen molar-refractivity contribution in [2.24, 2.45) is 5.14 Å². The van der Waals surface area contributed by atoms with Gasteiger partial charge >= 0.3 is 0 Å². The van der Waals surface area contributed by atoms with E-state index in [-0.39, 0.29) is 12.1 Å². The molecule has 3 rings (SSSR count). The molecule has 1 aliphatic rings. The summed E-state index contributed by atoms with van der Waals surface area (Å²) >= 11 is 0. The fraction of sp³-hybridized carbons (Fsp3) is 0.125. The number of anilines is 1. The quantitative estimate of drug-likeness (QED) is 0.850. The van der Waals surface area contributed by atoms with E-state index in [0.29, 0.717) is 5.56 Å². The summed E-state index contributed by atoms with van der Waals surface area (Å²) in [7, 11) is -4.22. The monoisotopic (exact) mass is 348 g/mol. The zero-order chi connectivity index (χ0) is 17.5. The Bertz CT molecular complexity index is 928. The largest absolute Gasteiger partial charge is 0.274 e. The molecule has 2 amide bonds. The number of carbonyl (C=O) groups is 2. The van der Waals surface area contributed by atoms with Gasteiger partial charge in [0.15, 0.2) is 0 Å². The molecule has 1 heterocycles. The van der Waals surface area contributed by atoms with Gasteiger partial charge in [-0.25, -0.2) is 22.8 Å². The topological polar surface area (TPSA) is 97.5 Å². The Morgan fingerprint density at radius 3 is 2.33 bits per heavy atom. The number of primary sulfonamides is 1. The van der Waals surface area contributed by atoms with Crippen LogP contribution in [0.1, 0.15) is 17.9 Å². The Balaban J connectivity index is 1.97. The molecule has 6 nitrogen and oxygen atoms in total. The maximum atomic E-state index is 14.0. The SMILES string of the molecule is NS(=O)(=O)c1ccc(N2C(=O)CC(c3ccccc3)C2=O)cc1F. The molecule has 2 aromatic carbocycles. The van der Waals surface area contributed by atoms with Gasteiger partial charge in [0, 0.05) is 6.42 Å². The van der Waals surface area contributed by atoms with E-state index in [1.165, 1.54) is 6.07 Å². The lowest BCUT2D eigenvalue weighted by molar-refractivity contribution is -0.121. The van der Waals surface area contributed by atoms with Gasteiger partial charge in [-0.1, -0.05) is 30.3 Å². The molecular formula is C16H13FN2O4S. The lowest BCUT2D eigenvalue weighted by Gasteiger charge is -2.16. The number of nitrogens with two attached hydrogens (primary N) is 1. The maximum absolute atomic E-state index is 14.0. The normalized spacial score (nSPS) is 18.2. The molecule has 0 aromatic heterocycles. The van der Waals surface area contributed by atoms with Crippen LogP contribution in [-0.2, 0) is 19.6 Å². The molecule has 2 N–H and O–H groups in total. The first-order chi connectivity index (χ1) is 11.3. The fourth-order valence-corrected chi connectivity index (χ4v) is 3.30. The van der Waals surface area contributed by atoms with Crippen LogP contribution in [0.5, 0.6) is 0 Å². The van der Waals surface area contributed by atoms with E-state index in [0.717, 1.165) is 17.0 Å². The van der Waals surface area contributed by atoms with Gasteiger partial charge in [-0.05, 0) is 23.8 Å². The van der Waals surface area contributed by atoms with Crippen molar-refractivity contribution in [2.45, 2.75) is 17.2 Å². The van der Waals surface area contributed by atoms with Crippen LogP contribution in [0.4, 0.5) is 10.1 Å². The van der Waals surface area contributed by atoms with Gasteiger partial charge in [0.25, 0.3) is 0 Å². The van der Waals surface area contributed by atoms with Crippen molar-refractivity contribution < 1.29 is 22.4 Å². The Morgan fingerprint density at radius 1 is 1.08 bits per heavy atom. The molecule has 0 aliphatic carbocycles. The first kappa shape index (κ1) is 16.3. The molecule has 0 saturated carbocycles. The minimum atomic E-state index is -4.22. The number of carbonyl (C=O) groups excluding carboxylic acids is 2. The van der Waals surface area contributed by atoms with Crippen molar-refractivity contribution in [2.75, 3.05) is 4.90 Å². The van der Waals surface area contributed by atoms with Crippen LogP contribution in [0.2, 0.25) is 0 Å². The molecule has 0 spiro atoms. The standard InChI is InChI=1S/C16H13FN2O4S/c17-13-8-11(6-7-14(13)24(18,22)23)19-15(20)9-12(16(19)21)10-4-2-1-3-5-10/h1-8,12H,9H2,(H2,18,22,23). The predicted octanol–water partition coefficient (Wildman–Crippen LogP) is 1.52. The van der Waals surface area contributed by atoms with E-state index >= 15 is 0 Å². The molecule has 0 radical (unpaired) electrons. The number of nitrogens with zero attached hydrogens (tertiary/aromatic N) is 1. The van der Waals surface area contributed by atoms with Crippen LogP contribution in [0, 0.1) is 5.82 Å². The van der Waals surface area contributed by atoms with E-state index < -0.39 is 38.5 Å². The highest BCUT2D eigenvalue weighted by Crippen LogP contribution is 2.33. The highest BCUT2D eigenvalue weighted by atomic mass is 32.2. The number of hydrogen-bond donors (Lipinski definition) is 1. The molecule has 1 atom stereocenters. The minimum absolute atomic E-state index is 0.0201. The van der Waals surface area contributed by atoms with Gasteiger partial charge < -0.3 is 0 Å². The minimum Gasteiger partial charge on any atom is -0.274 e. The number of rotatable bonds is 3. The summed E-state index contributed by atoms with van der Waals surface area (Å²) in [6.45, 7) is 0. The summed E-state index contributed by atoms with van der Waals surface area (Å²) in [5, 5.41) is 4.90. The Hall–Kier alpha value is -2.58. The first-order valence-corrected chi connectivity index (χ1v) is 8.58. The van der Waals surface area contributed by atoms with Crippen LogP contribution in [-0.4, -0.2) is 20.2 Å². The lowest BCUT2D eigenvalue weighted by Crippen LogP contribution is -2.30. The van der Waals surface area contributed by atoms with E-state index in [1.807, 2.05) is 0 Å². The summed E-state index contributed by atoms with van der Waals surface area (Å²) < 4.78 is 36.4. The van der Waals surface area contributed by atoms with Gasteiger partial charge in [-0.15, -0.1) is 0 Å². The van der Waals surface area contributed by atoms with Gasteiger partial charge in [-0.3, -0.25) is 9.59 Å². The van der Waals surface area contributed by atoms with Gasteiger partial charge in [0.2, 0.25) is 21.8 Å². The van der Waals surface area contributed by atoms with Gasteiger partial charge in [0.1, 0.15) is 10.7 Å². The molecule has 1 aliphatic heterocycles. The predicted molar refractivity (Wildman–Crippen MR) is 84.1 cm³/mol. The van der Waals surface area contributed by atoms with E-state index in [1.54, 1.807) is 30.3 Å². The number of halogens is 1. The molecule has 124 valence electrons. The third-order valence-corrected chi connectivity index (χ3v) is 4.77. The second-order valence-corrected chi connectivity index (χ2v) is 6.92. The molecule has 0 bridgehead atoms. The van der Waals surface area contributed by atoms with Crippen LogP contribution >= 0.6 is 0 Å². The molecular weight excluding hydrogens is 335 g/mol. The molecule has 1 unspecified atom stereocenters. The second kappa shape index (κ2) is 5.81. The summed E-state index contributed by atoms with van der Waals surface area (Å²) in [5.41, 5.74) is 0.674. The lowest BCUT2D eigenvalue weighted by atomic mass is 9.98. The van der Waals surface area contributed by atoms with Crippen LogP contribution in [0.3, 0.4) is 0 Å². The van der Waals surface area contributed by atoms with E-state index in [9.17, 15) is 22.4 Å². The van der Waals surface area contributed by atoms with Crippen LogP contribution < -0.4 is 10.0 Å². The zero-order valence-electron chi connectivity index (χ0n) is 12.3. The average molecular weight is 348 g/mol. The van der Waals surface area contributed by atoms with Crippen molar-refractivity contribution in [3.05, 3.63) is 59.9 Å². The molecule has 1 fully saturated rings. The highest BCUT2D eigenvalue weighted by Gasteiger charge is 2.40. The summed E-state index contributed by atoms with van der Waals surface area (Å²) in [6.07, 6.45) is -0.0264. The molecule has 24 heavy (non-hydrogen) atoms. The number of amides is 2. The Labute approximate surface area is 137 Å². The van der Waals surface area contributed by atoms with Crippen molar-refractivity contribution in [3.63, 3.8) is 0 Å². The van der Waals surface area contributed by atoms with E-state index in [4.69, 9.17) is 5.14 Å². The number of sulfonamides is 1.